The molecule has 3 heterocycles. The molecule has 4 rings (SSSR count). The van der Waals surface area contributed by atoms with Crippen molar-refractivity contribution in [2.24, 2.45) is 5.92 Å². The van der Waals surface area contributed by atoms with Gasteiger partial charge in [-0.3, -0.25) is 14.5 Å². The molecule has 0 radical (unpaired) electrons. The van der Waals surface area contributed by atoms with Gasteiger partial charge in [-0.1, -0.05) is 18.2 Å². The van der Waals surface area contributed by atoms with Gasteiger partial charge >= 0.3 is 5.97 Å². The molecule has 0 aliphatic carbocycles. The number of nitrogens with zero attached hydrogens (tertiary/aromatic N) is 1. The molecule has 3 atom stereocenters. The smallest absolute Gasteiger partial charge is 0.309 e. The summed E-state index contributed by atoms with van der Waals surface area (Å²) in [6.45, 7) is 1.42. The number of hydrogen-bond donors (Lipinski definition) is 2. The summed E-state index contributed by atoms with van der Waals surface area (Å²) < 4.78 is 0. The molecule has 3 unspecified atom stereocenters. The topological polar surface area (TPSA) is 69.6 Å². The van der Waals surface area contributed by atoms with Crippen molar-refractivity contribution in [1.82, 2.24) is 4.90 Å². The molecule has 0 saturated carbocycles. The summed E-state index contributed by atoms with van der Waals surface area (Å²) >= 11 is 0. The molecular formula is C15H16N2O3. The van der Waals surface area contributed by atoms with Crippen molar-refractivity contribution in [2.45, 2.75) is 24.3 Å². The summed E-state index contributed by atoms with van der Waals surface area (Å²) in [6.07, 6.45) is 1.89. The second-order valence-corrected chi connectivity index (χ2v) is 5.97. The lowest BCUT2D eigenvalue weighted by atomic mass is 9.70. The summed E-state index contributed by atoms with van der Waals surface area (Å²) in [7, 11) is 0. The fraction of sp³-hybridized carbons (Fsp3) is 0.467. The molecular weight excluding hydrogens is 256 g/mol. The third-order valence-electron chi connectivity index (χ3n) is 5.11. The maximum absolute atomic E-state index is 12.6. The zero-order valence-corrected chi connectivity index (χ0v) is 11.0. The van der Waals surface area contributed by atoms with Crippen molar-refractivity contribution < 1.29 is 14.7 Å². The highest BCUT2D eigenvalue weighted by atomic mass is 16.4. The minimum absolute atomic E-state index is 0.00981. The average molecular weight is 272 g/mol. The van der Waals surface area contributed by atoms with E-state index in [0.717, 1.165) is 30.6 Å². The first kappa shape index (κ1) is 11.9. The number of fused-ring (bicyclic) bond motifs is 3. The number of amides is 1. The van der Waals surface area contributed by atoms with Crippen molar-refractivity contribution >= 4 is 17.6 Å². The quantitative estimate of drug-likeness (QED) is 0.802. The fourth-order valence-electron chi connectivity index (χ4n) is 4.35. The van der Waals surface area contributed by atoms with Crippen LogP contribution in [0.5, 0.6) is 0 Å². The van der Waals surface area contributed by atoms with Crippen LogP contribution in [0.4, 0.5) is 5.69 Å². The SMILES string of the molecule is O=C(O)C1C2CCCN2CC12C(=O)Nc1ccccc12. The Labute approximate surface area is 116 Å². The minimum Gasteiger partial charge on any atom is -0.481 e. The number of carboxylic acids is 1. The van der Waals surface area contributed by atoms with E-state index in [-0.39, 0.29) is 11.9 Å². The molecule has 1 spiro atoms. The number of aliphatic carboxylic acids is 1. The molecule has 3 aliphatic heterocycles. The van der Waals surface area contributed by atoms with E-state index in [9.17, 15) is 14.7 Å². The van der Waals surface area contributed by atoms with Crippen LogP contribution in [0.25, 0.3) is 0 Å². The lowest BCUT2D eigenvalue weighted by Gasteiger charge is -2.27. The predicted octanol–water partition coefficient (Wildman–Crippen LogP) is 1.06. The van der Waals surface area contributed by atoms with E-state index in [1.165, 1.54) is 0 Å². The summed E-state index contributed by atoms with van der Waals surface area (Å²) in [5, 5.41) is 12.6. The van der Waals surface area contributed by atoms with Gasteiger partial charge in [-0.05, 0) is 31.0 Å². The maximum Gasteiger partial charge on any atom is 0.309 e. The van der Waals surface area contributed by atoms with Crippen molar-refractivity contribution in [3.05, 3.63) is 29.8 Å². The second-order valence-electron chi connectivity index (χ2n) is 5.97. The van der Waals surface area contributed by atoms with Gasteiger partial charge in [0.05, 0.1) is 5.92 Å². The molecule has 0 bridgehead atoms. The van der Waals surface area contributed by atoms with Gasteiger partial charge < -0.3 is 10.4 Å². The van der Waals surface area contributed by atoms with Gasteiger partial charge in [-0.25, -0.2) is 0 Å². The minimum atomic E-state index is -0.909. The van der Waals surface area contributed by atoms with Gasteiger partial charge in [0.25, 0.3) is 0 Å². The van der Waals surface area contributed by atoms with Gasteiger partial charge in [0.2, 0.25) is 5.91 Å². The average Bonchev–Trinajstić information content (AvgIpc) is 3.03. The lowest BCUT2D eigenvalue weighted by Crippen LogP contribution is -2.46. The molecule has 1 aromatic rings. The van der Waals surface area contributed by atoms with Crippen LogP contribution in [0.15, 0.2) is 24.3 Å². The Bertz CT molecular complexity index is 615. The van der Waals surface area contributed by atoms with Gasteiger partial charge in [-0.2, -0.15) is 0 Å². The van der Waals surface area contributed by atoms with Gasteiger partial charge in [0, 0.05) is 18.3 Å². The van der Waals surface area contributed by atoms with E-state index in [2.05, 4.69) is 10.2 Å². The molecule has 3 aliphatic rings. The molecule has 2 fully saturated rings. The van der Waals surface area contributed by atoms with Crippen LogP contribution in [0.1, 0.15) is 18.4 Å². The van der Waals surface area contributed by atoms with Gasteiger partial charge in [-0.15, -0.1) is 0 Å². The van der Waals surface area contributed by atoms with Crippen LogP contribution in [-0.4, -0.2) is 41.0 Å². The Morgan fingerprint density at radius 2 is 2.20 bits per heavy atom. The van der Waals surface area contributed by atoms with Gasteiger partial charge in [0.15, 0.2) is 0 Å². The van der Waals surface area contributed by atoms with Crippen LogP contribution in [-0.2, 0) is 15.0 Å². The molecule has 5 nitrogen and oxygen atoms in total. The Morgan fingerprint density at radius 3 is 3.00 bits per heavy atom. The first-order valence-electron chi connectivity index (χ1n) is 7.02. The molecule has 2 N–H and O–H groups in total. The van der Waals surface area contributed by atoms with Gasteiger partial charge in [0.1, 0.15) is 5.41 Å². The zero-order chi connectivity index (χ0) is 13.9. The molecule has 1 amide bonds. The fourth-order valence-corrected chi connectivity index (χ4v) is 4.35. The number of carbonyl (C=O) groups excluding carboxylic acids is 1. The Morgan fingerprint density at radius 1 is 1.40 bits per heavy atom. The largest absolute Gasteiger partial charge is 0.481 e. The van der Waals surface area contributed by atoms with E-state index >= 15 is 0 Å². The number of carbonyl (C=O) groups is 2. The molecule has 0 aromatic heterocycles. The number of carboxylic acid groups (broad SMARTS) is 1. The van der Waals surface area contributed by atoms with Crippen molar-refractivity contribution in [2.75, 3.05) is 18.4 Å². The Kier molecular flexibility index (Phi) is 2.27. The van der Waals surface area contributed by atoms with E-state index < -0.39 is 17.3 Å². The summed E-state index contributed by atoms with van der Waals surface area (Å²) in [5.74, 6) is -1.65. The number of anilines is 1. The van der Waals surface area contributed by atoms with E-state index in [1.807, 2.05) is 24.3 Å². The van der Waals surface area contributed by atoms with E-state index in [4.69, 9.17) is 0 Å². The highest BCUT2D eigenvalue weighted by Gasteiger charge is 2.64. The highest BCUT2D eigenvalue weighted by Crippen LogP contribution is 2.52. The van der Waals surface area contributed by atoms with Crippen LogP contribution in [0, 0.1) is 5.92 Å². The lowest BCUT2D eigenvalue weighted by molar-refractivity contribution is -0.146. The summed E-state index contributed by atoms with van der Waals surface area (Å²) in [4.78, 5) is 26.6. The Balaban J connectivity index is 1.91. The molecule has 2 saturated heterocycles. The molecule has 1 aromatic carbocycles. The molecule has 104 valence electrons. The number of hydrogen-bond acceptors (Lipinski definition) is 3. The third-order valence-corrected chi connectivity index (χ3v) is 5.11. The predicted molar refractivity (Wildman–Crippen MR) is 72.5 cm³/mol. The van der Waals surface area contributed by atoms with Crippen LogP contribution >= 0.6 is 0 Å². The normalized spacial score (nSPS) is 35.1. The third kappa shape index (κ3) is 1.26. The molecule has 5 heteroatoms. The summed E-state index contributed by atoms with van der Waals surface area (Å²) in [6, 6.07) is 7.48. The van der Waals surface area contributed by atoms with Crippen molar-refractivity contribution in [1.29, 1.82) is 0 Å². The van der Waals surface area contributed by atoms with Crippen molar-refractivity contribution in [3.63, 3.8) is 0 Å². The first-order chi connectivity index (χ1) is 9.64. The number of para-hydroxylation sites is 1. The standard InChI is InChI=1S/C15H16N2O3/c18-13(19)12-11-6-3-7-17(11)8-15(12)9-4-1-2-5-10(9)16-14(15)20/h1-2,4-5,11-12H,3,6-8H2,(H,16,20)(H,18,19). The van der Waals surface area contributed by atoms with Crippen LogP contribution < -0.4 is 5.32 Å². The Hall–Kier alpha value is -1.88. The number of nitrogens with one attached hydrogen (secondary N) is 1. The number of benzene rings is 1. The highest BCUT2D eigenvalue weighted by molar-refractivity contribution is 6.09. The van der Waals surface area contributed by atoms with E-state index in [1.54, 1.807) is 0 Å². The number of rotatable bonds is 1. The summed E-state index contributed by atoms with van der Waals surface area (Å²) in [5.41, 5.74) is 0.713. The monoisotopic (exact) mass is 272 g/mol. The molecule has 20 heavy (non-hydrogen) atoms. The maximum atomic E-state index is 12.6. The van der Waals surface area contributed by atoms with E-state index in [0.29, 0.717) is 6.54 Å². The zero-order valence-electron chi connectivity index (χ0n) is 11.0. The van der Waals surface area contributed by atoms with Crippen molar-refractivity contribution in [3.8, 4) is 0 Å². The van der Waals surface area contributed by atoms with Crippen LogP contribution in [0.3, 0.4) is 0 Å². The first-order valence-corrected chi connectivity index (χ1v) is 7.02. The second kappa shape index (κ2) is 3.82. The van der Waals surface area contributed by atoms with Crippen LogP contribution in [0.2, 0.25) is 0 Å².